The number of fused-ring (bicyclic) bond motifs is 2. The Morgan fingerprint density at radius 2 is 1.18 bits per heavy atom. The van der Waals surface area contributed by atoms with Crippen molar-refractivity contribution in [3.63, 3.8) is 0 Å². The van der Waals surface area contributed by atoms with Gasteiger partial charge in [-0.1, -0.05) is 80.6 Å². The zero-order valence-corrected chi connectivity index (χ0v) is 22.5. The predicted molar refractivity (Wildman–Crippen MR) is 155 cm³/mol. The molecular weight excluding hydrogens is 504 g/mol. The van der Waals surface area contributed by atoms with Crippen LogP contribution in [0.25, 0.3) is 21.5 Å². The van der Waals surface area contributed by atoms with Crippen LogP contribution >= 0.6 is 0 Å². The lowest BCUT2D eigenvalue weighted by atomic mass is 9.94. The van der Waals surface area contributed by atoms with E-state index in [2.05, 4.69) is 13.8 Å². The number of carbonyl (C=O) groups is 2. The van der Waals surface area contributed by atoms with Gasteiger partial charge in [-0.05, 0) is 54.3 Å². The normalized spacial score (nSPS) is 10.8. The second kappa shape index (κ2) is 12.3. The Labute approximate surface area is 233 Å². The Kier molecular flexibility index (Phi) is 8.26. The van der Waals surface area contributed by atoms with Gasteiger partial charge >= 0.3 is 11.9 Å². The molecule has 6 heteroatoms. The minimum atomic E-state index is -0.505. The van der Waals surface area contributed by atoms with Gasteiger partial charge in [0.05, 0.1) is 0 Å². The van der Waals surface area contributed by atoms with Crippen molar-refractivity contribution in [2.24, 2.45) is 0 Å². The van der Waals surface area contributed by atoms with Crippen molar-refractivity contribution < 1.29 is 28.5 Å². The zero-order valence-electron chi connectivity index (χ0n) is 22.5. The van der Waals surface area contributed by atoms with Crippen LogP contribution in [0.3, 0.4) is 0 Å². The van der Waals surface area contributed by atoms with E-state index in [1.165, 1.54) is 0 Å². The third-order valence-electron chi connectivity index (χ3n) is 6.60. The van der Waals surface area contributed by atoms with Crippen molar-refractivity contribution in [3.05, 3.63) is 108 Å². The number of hydrogen-bond acceptors (Lipinski definition) is 6. The number of esters is 2. The molecule has 0 saturated carbocycles. The average molecular weight is 535 g/mol. The number of ether oxygens (including phenoxy) is 4. The van der Waals surface area contributed by atoms with Gasteiger partial charge < -0.3 is 18.9 Å². The molecule has 0 fully saturated rings. The highest BCUT2D eigenvalue weighted by Crippen LogP contribution is 2.45. The highest BCUT2D eigenvalue weighted by Gasteiger charge is 2.21. The number of hydrogen-bond donors (Lipinski definition) is 0. The van der Waals surface area contributed by atoms with Gasteiger partial charge in [0.1, 0.15) is 23.0 Å². The third-order valence-corrected chi connectivity index (χ3v) is 6.60. The first-order chi connectivity index (χ1) is 19.6. The van der Waals surface area contributed by atoms with E-state index in [1.54, 1.807) is 48.5 Å². The molecule has 6 nitrogen and oxygen atoms in total. The maximum atomic E-state index is 12.7. The van der Waals surface area contributed by atoms with E-state index >= 15 is 0 Å². The third kappa shape index (κ3) is 5.91. The molecule has 0 aliphatic rings. The summed E-state index contributed by atoms with van der Waals surface area (Å²) < 4.78 is 23.3. The molecule has 5 rings (SSSR count). The van der Waals surface area contributed by atoms with Crippen LogP contribution in [-0.2, 0) is 22.4 Å². The van der Waals surface area contributed by atoms with Gasteiger partial charge in [-0.2, -0.15) is 0 Å². The number of para-hydroxylation sites is 2. The van der Waals surface area contributed by atoms with Crippen molar-refractivity contribution in [2.45, 2.75) is 26.7 Å². The molecule has 0 heterocycles. The predicted octanol–water partition coefficient (Wildman–Crippen LogP) is 7.09. The molecule has 0 aromatic heterocycles. The van der Waals surface area contributed by atoms with E-state index in [1.807, 2.05) is 48.5 Å². The fourth-order valence-corrected chi connectivity index (χ4v) is 4.70. The molecule has 0 radical (unpaired) electrons. The number of rotatable bonds is 10. The van der Waals surface area contributed by atoms with Crippen molar-refractivity contribution in [1.82, 2.24) is 0 Å². The molecule has 40 heavy (non-hydrogen) atoms. The molecule has 5 aromatic rings. The molecule has 0 bridgehead atoms. The smallest absolute Gasteiger partial charge is 0.349 e. The second-order valence-corrected chi connectivity index (χ2v) is 9.24. The molecule has 0 aliphatic heterocycles. The summed E-state index contributed by atoms with van der Waals surface area (Å²) in [7, 11) is 0. The fraction of sp³-hybridized carbons (Fsp3) is 0.176. The summed E-state index contributed by atoms with van der Waals surface area (Å²) in [6.45, 7) is 3.60. The van der Waals surface area contributed by atoms with Gasteiger partial charge in [-0.25, -0.2) is 9.59 Å². The van der Waals surface area contributed by atoms with Crippen LogP contribution in [0.2, 0.25) is 0 Å². The first kappa shape index (κ1) is 26.8. The molecule has 202 valence electrons. The Morgan fingerprint density at radius 1 is 0.575 bits per heavy atom. The number of carbonyl (C=O) groups excluding carboxylic acids is 2. The van der Waals surface area contributed by atoms with Gasteiger partial charge in [0.25, 0.3) is 0 Å². The Bertz CT molecular complexity index is 1640. The maximum Gasteiger partial charge on any atom is 0.349 e. The van der Waals surface area contributed by atoms with Crippen molar-refractivity contribution in [1.29, 1.82) is 0 Å². The molecule has 0 amide bonds. The average Bonchev–Trinajstić information content (AvgIpc) is 2.99. The van der Waals surface area contributed by atoms with Crippen LogP contribution in [0.4, 0.5) is 0 Å². The quantitative estimate of drug-likeness (QED) is 0.108. The van der Waals surface area contributed by atoms with E-state index in [0.717, 1.165) is 45.5 Å². The lowest BCUT2D eigenvalue weighted by Crippen LogP contribution is -2.19. The summed E-state index contributed by atoms with van der Waals surface area (Å²) in [6.07, 6.45) is 1.55. The van der Waals surface area contributed by atoms with Crippen LogP contribution < -0.4 is 18.9 Å². The van der Waals surface area contributed by atoms with E-state index in [9.17, 15) is 9.59 Å². The summed E-state index contributed by atoms with van der Waals surface area (Å²) in [5.41, 5.74) is 2.13. The molecule has 0 atom stereocenters. The Balaban J connectivity index is 1.53. The summed E-state index contributed by atoms with van der Waals surface area (Å²) in [6, 6.07) is 29.8. The molecule has 0 N–H and O–H groups in total. The van der Waals surface area contributed by atoms with Crippen molar-refractivity contribution in [3.8, 4) is 23.0 Å². The van der Waals surface area contributed by atoms with Crippen molar-refractivity contribution >= 4 is 33.5 Å². The summed E-state index contributed by atoms with van der Waals surface area (Å²) in [4.78, 5) is 25.4. The summed E-state index contributed by atoms with van der Waals surface area (Å²) in [5.74, 6) is 1.05. The van der Waals surface area contributed by atoms with Gasteiger partial charge in [0, 0.05) is 21.5 Å². The molecule has 0 spiro atoms. The van der Waals surface area contributed by atoms with Crippen molar-refractivity contribution in [2.75, 3.05) is 13.2 Å². The topological polar surface area (TPSA) is 71.1 Å². The number of aryl methyl sites for hydroxylation is 2. The van der Waals surface area contributed by atoms with Crippen LogP contribution in [0.5, 0.6) is 23.0 Å². The zero-order chi connectivity index (χ0) is 27.9. The van der Waals surface area contributed by atoms with Crippen LogP contribution in [0, 0.1) is 0 Å². The Hall–Kier alpha value is -4.84. The highest BCUT2D eigenvalue weighted by molar-refractivity contribution is 6.12. The van der Waals surface area contributed by atoms with E-state index < -0.39 is 11.9 Å². The molecule has 0 unspecified atom stereocenters. The standard InChI is InChI=1S/C34H30O6/c1-3-23-18-19-27-29(20-23)33(37-21-30(35)39-25-13-7-5-8-14-25)28-17-11-12-24(4-2)32(28)34(27)38-22-31(36)40-26-15-9-6-10-16-26/h5-20H,3-4,21-22H2,1-2H3. The second-order valence-electron chi connectivity index (χ2n) is 9.24. The summed E-state index contributed by atoms with van der Waals surface area (Å²) in [5, 5.41) is 3.20. The first-order valence-corrected chi connectivity index (χ1v) is 13.3. The summed E-state index contributed by atoms with van der Waals surface area (Å²) >= 11 is 0. The van der Waals surface area contributed by atoms with E-state index in [-0.39, 0.29) is 13.2 Å². The molecule has 0 saturated heterocycles. The SMILES string of the molecule is CCc1ccc2c(OCC(=O)Oc3ccccc3)c3c(CC)cccc3c(OCC(=O)Oc3ccccc3)c2c1. The van der Waals surface area contributed by atoms with Gasteiger partial charge in [-0.3, -0.25) is 0 Å². The van der Waals surface area contributed by atoms with E-state index in [0.29, 0.717) is 23.0 Å². The number of benzene rings is 5. The van der Waals surface area contributed by atoms with Gasteiger partial charge in [-0.15, -0.1) is 0 Å². The molecule has 5 aromatic carbocycles. The van der Waals surface area contributed by atoms with Crippen LogP contribution in [-0.4, -0.2) is 25.2 Å². The van der Waals surface area contributed by atoms with Crippen LogP contribution in [0.15, 0.2) is 97.1 Å². The van der Waals surface area contributed by atoms with E-state index in [4.69, 9.17) is 18.9 Å². The highest BCUT2D eigenvalue weighted by atomic mass is 16.6. The van der Waals surface area contributed by atoms with Gasteiger partial charge in [0.2, 0.25) is 0 Å². The fourth-order valence-electron chi connectivity index (χ4n) is 4.70. The lowest BCUT2D eigenvalue weighted by Gasteiger charge is -2.20. The monoisotopic (exact) mass is 534 g/mol. The maximum absolute atomic E-state index is 12.7. The molecular formula is C34H30O6. The molecule has 0 aliphatic carbocycles. The lowest BCUT2D eigenvalue weighted by molar-refractivity contribution is -0.137. The first-order valence-electron chi connectivity index (χ1n) is 13.3. The van der Waals surface area contributed by atoms with Crippen LogP contribution in [0.1, 0.15) is 25.0 Å². The van der Waals surface area contributed by atoms with Gasteiger partial charge in [0.15, 0.2) is 13.2 Å². The minimum absolute atomic E-state index is 0.268. The minimum Gasteiger partial charge on any atom is -0.481 e. The Morgan fingerprint density at radius 3 is 1.75 bits per heavy atom. The largest absolute Gasteiger partial charge is 0.481 e.